The molecule has 0 aliphatic heterocycles. The minimum Gasteiger partial charge on any atom is -0.436 e. The Morgan fingerprint density at radius 2 is 1.93 bits per heavy atom. The summed E-state index contributed by atoms with van der Waals surface area (Å²) in [4.78, 5) is 0. The fraction of sp³-hybridized carbons (Fsp3) is 0.455. The summed E-state index contributed by atoms with van der Waals surface area (Å²) >= 11 is 5.91. The van der Waals surface area contributed by atoms with E-state index in [9.17, 15) is 0 Å². The predicted octanol–water partition coefficient (Wildman–Crippen LogP) is 4.66. The highest BCUT2D eigenvalue weighted by atomic mass is 35.7. The molecule has 0 fully saturated rings. The average molecular weight is 247 g/mol. The van der Waals surface area contributed by atoms with Crippen molar-refractivity contribution in [3.05, 3.63) is 29.8 Å². The van der Waals surface area contributed by atoms with Crippen LogP contribution in [0.4, 0.5) is 0 Å². The smallest absolute Gasteiger partial charge is 0.338 e. The summed E-state index contributed by atoms with van der Waals surface area (Å²) in [5.41, 5.74) is 1.20. The Labute approximate surface area is 97.3 Å². The van der Waals surface area contributed by atoms with Crippen LogP contribution in [-0.4, -0.2) is 6.61 Å². The number of hydrogen-bond acceptors (Lipinski definition) is 2. The Bertz CT molecular complexity index is 276. The maximum Gasteiger partial charge on any atom is 0.338 e. The van der Waals surface area contributed by atoms with E-state index in [-0.39, 0.29) is 0 Å². The number of aryl methyl sites for hydroxylation is 1. The van der Waals surface area contributed by atoms with Gasteiger partial charge in [-0.3, -0.25) is 0 Å². The fourth-order valence-electron chi connectivity index (χ4n) is 0.989. The topological polar surface area (TPSA) is 18.5 Å². The van der Waals surface area contributed by atoms with Gasteiger partial charge in [0.15, 0.2) is 0 Å². The lowest BCUT2D eigenvalue weighted by Gasteiger charge is -2.11. The van der Waals surface area contributed by atoms with Crippen LogP contribution in [0.25, 0.3) is 0 Å². The van der Waals surface area contributed by atoms with E-state index in [2.05, 4.69) is 6.92 Å². The Morgan fingerprint density at radius 3 is 2.53 bits per heavy atom. The van der Waals surface area contributed by atoms with Gasteiger partial charge in [0, 0.05) is 0 Å². The first-order valence-corrected chi connectivity index (χ1v) is 7.14. The van der Waals surface area contributed by atoms with Crippen molar-refractivity contribution in [1.29, 1.82) is 0 Å². The summed E-state index contributed by atoms with van der Waals surface area (Å²) in [5, 5.41) is 0. The number of halogens is 1. The summed E-state index contributed by atoms with van der Waals surface area (Å²) in [5.74, 6) is 0.762. The van der Waals surface area contributed by atoms with E-state index in [0.29, 0.717) is 6.61 Å². The van der Waals surface area contributed by atoms with Gasteiger partial charge in [-0.05, 0) is 36.7 Å². The van der Waals surface area contributed by atoms with Gasteiger partial charge in [0.1, 0.15) is 5.75 Å². The van der Waals surface area contributed by atoms with E-state index >= 15 is 0 Å². The zero-order chi connectivity index (χ0) is 11.1. The van der Waals surface area contributed by atoms with Gasteiger partial charge in [0.05, 0.1) is 6.61 Å². The third-order valence-electron chi connectivity index (χ3n) is 1.89. The van der Waals surface area contributed by atoms with Crippen LogP contribution in [0.5, 0.6) is 5.75 Å². The lowest BCUT2D eigenvalue weighted by molar-refractivity contribution is 0.316. The third kappa shape index (κ3) is 5.36. The van der Waals surface area contributed by atoms with Crippen molar-refractivity contribution in [3.8, 4) is 5.75 Å². The SMILES string of the molecule is CCCCOP(Cl)Oc1ccc(C)cc1. The van der Waals surface area contributed by atoms with Crippen molar-refractivity contribution in [3.63, 3.8) is 0 Å². The van der Waals surface area contributed by atoms with Gasteiger partial charge in [-0.2, -0.15) is 0 Å². The zero-order valence-corrected chi connectivity index (χ0v) is 10.7. The first-order valence-electron chi connectivity index (χ1n) is 5.06. The average Bonchev–Trinajstić information content (AvgIpc) is 2.22. The predicted molar refractivity (Wildman–Crippen MR) is 65.4 cm³/mol. The molecule has 15 heavy (non-hydrogen) atoms. The minimum atomic E-state index is -1.31. The van der Waals surface area contributed by atoms with Crippen LogP contribution >= 0.6 is 19.0 Å². The molecule has 0 N–H and O–H groups in total. The first-order chi connectivity index (χ1) is 7.22. The van der Waals surface area contributed by atoms with Crippen LogP contribution in [0.2, 0.25) is 0 Å². The molecule has 0 bridgehead atoms. The van der Waals surface area contributed by atoms with Gasteiger partial charge in [-0.25, -0.2) is 0 Å². The van der Waals surface area contributed by atoms with Crippen LogP contribution < -0.4 is 4.52 Å². The van der Waals surface area contributed by atoms with Crippen LogP contribution in [0, 0.1) is 6.92 Å². The van der Waals surface area contributed by atoms with Crippen LogP contribution in [0.1, 0.15) is 25.3 Å². The van der Waals surface area contributed by atoms with E-state index in [4.69, 9.17) is 20.3 Å². The van der Waals surface area contributed by atoms with Crippen LogP contribution in [0.15, 0.2) is 24.3 Å². The molecule has 1 aromatic rings. The Hall–Kier alpha value is -0.300. The largest absolute Gasteiger partial charge is 0.436 e. The molecule has 0 spiro atoms. The van der Waals surface area contributed by atoms with Gasteiger partial charge in [0.25, 0.3) is 0 Å². The molecule has 0 aliphatic carbocycles. The van der Waals surface area contributed by atoms with E-state index in [0.717, 1.165) is 18.6 Å². The summed E-state index contributed by atoms with van der Waals surface area (Å²) in [6, 6.07) is 7.77. The molecule has 0 aliphatic rings. The summed E-state index contributed by atoms with van der Waals surface area (Å²) in [6.45, 7) is 4.81. The lowest BCUT2D eigenvalue weighted by atomic mass is 10.2. The molecule has 1 atom stereocenters. The molecule has 2 nitrogen and oxygen atoms in total. The molecule has 1 rings (SSSR count). The minimum absolute atomic E-state index is 0.664. The Morgan fingerprint density at radius 1 is 1.27 bits per heavy atom. The molecule has 0 radical (unpaired) electrons. The van der Waals surface area contributed by atoms with E-state index in [1.807, 2.05) is 31.2 Å². The monoisotopic (exact) mass is 246 g/mol. The van der Waals surface area contributed by atoms with E-state index in [1.54, 1.807) is 0 Å². The zero-order valence-electron chi connectivity index (χ0n) is 9.07. The van der Waals surface area contributed by atoms with Crippen molar-refractivity contribution < 1.29 is 9.05 Å². The summed E-state index contributed by atoms with van der Waals surface area (Å²) in [7, 11) is -1.31. The molecular weight excluding hydrogens is 231 g/mol. The van der Waals surface area contributed by atoms with Crippen molar-refractivity contribution in [2.45, 2.75) is 26.7 Å². The molecule has 0 saturated heterocycles. The fourth-order valence-corrected chi connectivity index (χ4v) is 2.05. The van der Waals surface area contributed by atoms with E-state index in [1.165, 1.54) is 5.56 Å². The standard InChI is InChI=1S/C11H16ClO2P/c1-3-4-9-13-15(12)14-11-7-5-10(2)6-8-11/h5-8H,3-4,9H2,1-2H3. The van der Waals surface area contributed by atoms with E-state index < -0.39 is 7.73 Å². The number of benzene rings is 1. The molecule has 0 heterocycles. The second-order valence-electron chi connectivity index (χ2n) is 3.30. The highest BCUT2D eigenvalue weighted by Crippen LogP contribution is 2.44. The van der Waals surface area contributed by atoms with Crippen molar-refractivity contribution in [2.75, 3.05) is 6.61 Å². The molecule has 0 aromatic heterocycles. The Kier molecular flexibility index (Phi) is 6.00. The molecular formula is C11H16ClO2P. The Balaban J connectivity index is 2.31. The third-order valence-corrected chi connectivity index (χ3v) is 3.13. The van der Waals surface area contributed by atoms with Crippen LogP contribution in [0.3, 0.4) is 0 Å². The normalized spacial score (nSPS) is 12.5. The van der Waals surface area contributed by atoms with Crippen molar-refractivity contribution >= 4 is 19.0 Å². The highest BCUT2D eigenvalue weighted by molar-refractivity contribution is 7.76. The first kappa shape index (κ1) is 12.8. The number of unbranched alkanes of at least 4 members (excludes halogenated alkanes) is 1. The molecule has 4 heteroatoms. The second-order valence-corrected chi connectivity index (χ2v) is 5.00. The number of rotatable bonds is 6. The molecule has 1 aromatic carbocycles. The van der Waals surface area contributed by atoms with Gasteiger partial charge < -0.3 is 9.05 Å². The lowest BCUT2D eigenvalue weighted by Crippen LogP contribution is -1.91. The quantitative estimate of drug-likeness (QED) is 0.537. The maximum absolute atomic E-state index is 5.91. The maximum atomic E-state index is 5.91. The summed E-state index contributed by atoms with van der Waals surface area (Å²) in [6.07, 6.45) is 2.12. The molecule has 84 valence electrons. The summed E-state index contributed by atoms with van der Waals surface area (Å²) < 4.78 is 10.7. The van der Waals surface area contributed by atoms with Gasteiger partial charge >= 0.3 is 7.73 Å². The molecule has 0 saturated carbocycles. The number of hydrogen-bond donors (Lipinski definition) is 0. The van der Waals surface area contributed by atoms with Crippen LogP contribution in [-0.2, 0) is 4.52 Å². The van der Waals surface area contributed by atoms with Crippen molar-refractivity contribution in [2.24, 2.45) is 0 Å². The van der Waals surface area contributed by atoms with Gasteiger partial charge in [-0.1, -0.05) is 31.0 Å². The highest BCUT2D eigenvalue weighted by Gasteiger charge is 2.07. The van der Waals surface area contributed by atoms with Gasteiger partial charge in [0.2, 0.25) is 0 Å². The van der Waals surface area contributed by atoms with Gasteiger partial charge in [-0.15, -0.1) is 0 Å². The second kappa shape index (κ2) is 7.05. The van der Waals surface area contributed by atoms with Crippen molar-refractivity contribution in [1.82, 2.24) is 0 Å². The molecule has 1 unspecified atom stereocenters. The molecule has 0 amide bonds.